The summed E-state index contributed by atoms with van der Waals surface area (Å²) in [6.45, 7) is 2.60. The summed E-state index contributed by atoms with van der Waals surface area (Å²) in [6.07, 6.45) is 2.47. The van der Waals surface area contributed by atoms with Gasteiger partial charge in [-0.05, 0) is 43.6 Å². The molecule has 1 aliphatic rings. The number of carbonyl (C=O) groups is 2. The van der Waals surface area contributed by atoms with Gasteiger partial charge in [0.15, 0.2) is 5.13 Å². The number of thiazole rings is 1. The van der Waals surface area contributed by atoms with Crippen LogP contribution in [0.2, 0.25) is 0 Å². The largest absolute Gasteiger partial charge is 0.354 e. The predicted octanol–water partition coefficient (Wildman–Crippen LogP) is 4.03. The molecule has 1 aromatic heterocycles. The van der Waals surface area contributed by atoms with E-state index in [2.05, 4.69) is 32.7 Å². The number of carbonyl (C=O) groups excluding carboxylic acids is 2. The second-order valence-electron chi connectivity index (χ2n) is 7.73. The second-order valence-corrected chi connectivity index (χ2v) is 8.59. The fourth-order valence-electron chi connectivity index (χ4n) is 3.88. The highest BCUT2D eigenvalue weighted by Crippen LogP contribution is 2.24. The van der Waals surface area contributed by atoms with E-state index in [0.717, 1.165) is 13.1 Å². The Bertz CT molecular complexity index is 1070. The van der Waals surface area contributed by atoms with Crippen molar-refractivity contribution >= 4 is 28.3 Å². The van der Waals surface area contributed by atoms with Crippen LogP contribution < -0.4 is 10.6 Å². The van der Waals surface area contributed by atoms with E-state index >= 15 is 0 Å². The van der Waals surface area contributed by atoms with Crippen molar-refractivity contribution in [3.63, 3.8) is 0 Å². The first-order valence-electron chi connectivity index (χ1n) is 10.7. The monoisotopic (exact) mass is 452 g/mol. The molecule has 3 aromatic rings. The predicted molar refractivity (Wildman–Crippen MR) is 123 cm³/mol. The summed E-state index contributed by atoms with van der Waals surface area (Å²) in [5.74, 6) is -1.28. The maximum Gasteiger partial charge on any atom is 0.260 e. The average Bonchev–Trinajstić information content (AvgIpc) is 3.47. The lowest BCUT2D eigenvalue weighted by Crippen LogP contribution is -2.37. The van der Waals surface area contributed by atoms with Gasteiger partial charge in [-0.15, -0.1) is 11.3 Å². The number of benzene rings is 2. The highest BCUT2D eigenvalue weighted by Gasteiger charge is 2.24. The van der Waals surface area contributed by atoms with Crippen LogP contribution >= 0.6 is 11.3 Å². The lowest BCUT2D eigenvalue weighted by molar-refractivity contribution is -0.120. The van der Waals surface area contributed by atoms with Crippen molar-refractivity contribution in [2.24, 2.45) is 0 Å². The molecule has 2 aromatic carbocycles. The topological polar surface area (TPSA) is 74.3 Å². The minimum absolute atomic E-state index is 0.0455. The molecular formula is C24H25FN4O2S. The molecule has 6 nitrogen and oxygen atoms in total. The number of anilines is 1. The van der Waals surface area contributed by atoms with Crippen molar-refractivity contribution in [2.75, 3.05) is 25.0 Å². The fraction of sp³-hybridized carbons (Fsp3) is 0.292. The summed E-state index contributed by atoms with van der Waals surface area (Å²) in [5.41, 5.74) is 1.71. The van der Waals surface area contributed by atoms with E-state index in [1.54, 1.807) is 11.4 Å². The Labute approximate surface area is 190 Å². The molecule has 0 spiro atoms. The Hall–Kier alpha value is -3.10. The van der Waals surface area contributed by atoms with Gasteiger partial charge in [-0.2, -0.15) is 0 Å². The van der Waals surface area contributed by atoms with Crippen LogP contribution in [0, 0.1) is 5.82 Å². The molecule has 4 rings (SSSR count). The van der Waals surface area contributed by atoms with Crippen molar-refractivity contribution in [1.82, 2.24) is 15.2 Å². The number of nitrogens with one attached hydrogen (secondary N) is 2. The smallest absolute Gasteiger partial charge is 0.260 e. The van der Waals surface area contributed by atoms with Crippen LogP contribution in [0.3, 0.4) is 0 Å². The summed E-state index contributed by atoms with van der Waals surface area (Å²) >= 11 is 1.21. The molecule has 1 atom stereocenters. The molecule has 0 aliphatic carbocycles. The van der Waals surface area contributed by atoms with Gasteiger partial charge in [0.25, 0.3) is 5.91 Å². The first-order valence-corrected chi connectivity index (χ1v) is 11.5. The Kier molecular flexibility index (Phi) is 7.24. The number of nitrogens with zero attached hydrogens (tertiary/aromatic N) is 2. The molecule has 166 valence electrons. The van der Waals surface area contributed by atoms with Gasteiger partial charge in [-0.3, -0.25) is 19.8 Å². The van der Waals surface area contributed by atoms with E-state index in [4.69, 9.17) is 0 Å². The van der Waals surface area contributed by atoms with Gasteiger partial charge in [0, 0.05) is 11.9 Å². The van der Waals surface area contributed by atoms with Gasteiger partial charge in [-0.25, -0.2) is 9.37 Å². The summed E-state index contributed by atoms with van der Waals surface area (Å²) < 4.78 is 13.8. The Balaban J connectivity index is 1.32. The minimum Gasteiger partial charge on any atom is -0.354 e. The van der Waals surface area contributed by atoms with Gasteiger partial charge in [0.2, 0.25) is 5.91 Å². The molecule has 2 amide bonds. The standard InChI is InChI=1S/C24H25FN4O2S/c25-20-11-5-4-10-19(20)23(31)28-24-27-18(16-32-24)14-22(30)26-15-21(29-12-6-7-13-29)17-8-2-1-3-9-17/h1-5,8-11,16,21H,6-7,12-15H2,(H,26,30)(H,27,28,31). The Morgan fingerprint density at radius 2 is 1.78 bits per heavy atom. The fourth-order valence-corrected chi connectivity index (χ4v) is 4.58. The van der Waals surface area contributed by atoms with Gasteiger partial charge in [-0.1, -0.05) is 42.5 Å². The molecule has 8 heteroatoms. The van der Waals surface area contributed by atoms with Gasteiger partial charge in [0.1, 0.15) is 5.82 Å². The highest BCUT2D eigenvalue weighted by atomic mass is 32.1. The molecule has 0 radical (unpaired) electrons. The highest BCUT2D eigenvalue weighted by molar-refractivity contribution is 7.14. The lowest BCUT2D eigenvalue weighted by atomic mass is 10.1. The van der Waals surface area contributed by atoms with E-state index in [-0.39, 0.29) is 23.9 Å². The number of halogens is 1. The van der Waals surface area contributed by atoms with Crippen LogP contribution in [-0.2, 0) is 11.2 Å². The lowest BCUT2D eigenvalue weighted by Gasteiger charge is -2.28. The molecule has 1 unspecified atom stereocenters. The van der Waals surface area contributed by atoms with Crippen molar-refractivity contribution in [3.05, 3.63) is 82.6 Å². The zero-order valence-electron chi connectivity index (χ0n) is 17.6. The third-order valence-corrected chi connectivity index (χ3v) is 6.30. The molecule has 2 N–H and O–H groups in total. The number of rotatable bonds is 8. The number of hydrogen-bond donors (Lipinski definition) is 2. The molecular weight excluding hydrogens is 427 g/mol. The Morgan fingerprint density at radius 3 is 2.53 bits per heavy atom. The van der Waals surface area contributed by atoms with Crippen molar-refractivity contribution in [3.8, 4) is 0 Å². The van der Waals surface area contributed by atoms with E-state index in [1.807, 2.05) is 18.2 Å². The van der Waals surface area contributed by atoms with E-state index in [0.29, 0.717) is 17.4 Å². The maximum atomic E-state index is 13.8. The van der Waals surface area contributed by atoms with Crippen LogP contribution in [0.5, 0.6) is 0 Å². The average molecular weight is 453 g/mol. The number of amides is 2. The van der Waals surface area contributed by atoms with Crippen molar-refractivity contribution in [1.29, 1.82) is 0 Å². The summed E-state index contributed by atoms with van der Waals surface area (Å²) in [5, 5.41) is 7.69. The van der Waals surface area contributed by atoms with Crippen LogP contribution in [0.15, 0.2) is 60.0 Å². The first kappa shape index (κ1) is 22.1. The van der Waals surface area contributed by atoms with Crippen LogP contribution in [-0.4, -0.2) is 41.3 Å². The van der Waals surface area contributed by atoms with Crippen LogP contribution in [0.25, 0.3) is 0 Å². The molecule has 0 saturated carbocycles. The molecule has 0 bridgehead atoms. The van der Waals surface area contributed by atoms with Crippen molar-refractivity contribution in [2.45, 2.75) is 25.3 Å². The Morgan fingerprint density at radius 1 is 1.06 bits per heavy atom. The molecule has 1 fully saturated rings. The van der Waals surface area contributed by atoms with E-state index < -0.39 is 11.7 Å². The molecule has 32 heavy (non-hydrogen) atoms. The third kappa shape index (κ3) is 5.57. The summed E-state index contributed by atoms with van der Waals surface area (Å²) in [6, 6.07) is 16.1. The number of hydrogen-bond acceptors (Lipinski definition) is 5. The quantitative estimate of drug-likeness (QED) is 0.541. The van der Waals surface area contributed by atoms with E-state index in [1.165, 1.54) is 47.9 Å². The number of aromatic nitrogens is 1. The van der Waals surface area contributed by atoms with Gasteiger partial charge >= 0.3 is 0 Å². The molecule has 2 heterocycles. The molecule has 1 saturated heterocycles. The first-order chi connectivity index (χ1) is 15.6. The van der Waals surface area contributed by atoms with Gasteiger partial charge < -0.3 is 5.32 Å². The van der Waals surface area contributed by atoms with Crippen molar-refractivity contribution < 1.29 is 14.0 Å². The zero-order chi connectivity index (χ0) is 22.3. The maximum absolute atomic E-state index is 13.8. The summed E-state index contributed by atoms with van der Waals surface area (Å²) in [4.78, 5) is 31.5. The minimum atomic E-state index is -0.591. The second kappa shape index (κ2) is 10.5. The van der Waals surface area contributed by atoms with Gasteiger partial charge in [0.05, 0.1) is 23.7 Å². The summed E-state index contributed by atoms with van der Waals surface area (Å²) in [7, 11) is 0. The number of likely N-dealkylation sites (tertiary alicyclic amines) is 1. The van der Waals surface area contributed by atoms with Crippen LogP contribution in [0.4, 0.5) is 9.52 Å². The third-order valence-electron chi connectivity index (χ3n) is 5.49. The molecule has 1 aliphatic heterocycles. The normalized spacial score (nSPS) is 14.8. The van der Waals surface area contributed by atoms with Crippen LogP contribution in [0.1, 0.15) is 40.5 Å². The SMILES string of the molecule is O=C(Cc1csc(NC(=O)c2ccccc2F)n1)NCC(c1ccccc1)N1CCCC1. The zero-order valence-corrected chi connectivity index (χ0v) is 18.4. The van der Waals surface area contributed by atoms with E-state index in [9.17, 15) is 14.0 Å².